The number of furan rings is 2. The van der Waals surface area contributed by atoms with Crippen molar-refractivity contribution >= 4 is 23.4 Å². The fourth-order valence-electron chi connectivity index (χ4n) is 3.84. The van der Waals surface area contributed by atoms with Crippen LogP contribution in [0.4, 0.5) is 5.69 Å². The number of carbonyl (C=O) groups excluding carboxylic acids is 3. The molecule has 4 rings (SSSR count). The molecule has 1 aliphatic rings. The first-order valence-corrected chi connectivity index (χ1v) is 10.5. The van der Waals surface area contributed by atoms with Gasteiger partial charge in [-0.05, 0) is 49.2 Å². The molecule has 3 heterocycles. The molecule has 1 aliphatic carbocycles. The topological polar surface area (TPSA) is 118 Å². The van der Waals surface area contributed by atoms with Gasteiger partial charge in [0.25, 0.3) is 11.8 Å². The predicted molar refractivity (Wildman–Crippen MR) is 115 cm³/mol. The van der Waals surface area contributed by atoms with Crippen molar-refractivity contribution in [2.45, 2.75) is 37.8 Å². The predicted octanol–water partition coefficient (Wildman–Crippen LogP) is 2.83. The fourth-order valence-corrected chi connectivity index (χ4v) is 3.84. The van der Waals surface area contributed by atoms with Crippen LogP contribution in [0.25, 0.3) is 0 Å². The van der Waals surface area contributed by atoms with Crippen LogP contribution in [0.15, 0.2) is 70.2 Å². The lowest BCUT2D eigenvalue weighted by atomic mass is 10.1. The highest BCUT2D eigenvalue weighted by molar-refractivity contribution is 6.03. The molecule has 3 aromatic heterocycles. The average molecular weight is 436 g/mol. The summed E-state index contributed by atoms with van der Waals surface area (Å²) in [5, 5.41) is 5.58. The molecule has 1 atom stereocenters. The highest BCUT2D eigenvalue weighted by Crippen LogP contribution is 2.29. The van der Waals surface area contributed by atoms with E-state index in [9.17, 15) is 14.4 Å². The van der Waals surface area contributed by atoms with E-state index in [-0.39, 0.29) is 24.3 Å². The van der Waals surface area contributed by atoms with Gasteiger partial charge in [-0.1, -0.05) is 12.8 Å². The summed E-state index contributed by atoms with van der Waals surface area (Å²) in [5.74, 6) is -0.968. The van der Waals surface area contributed by atoms with Crippen molar-refractivity contribution in [1.29, 1.82) is 0 Å². The number of anilines is 1. The number of rotatable bonds is 8. The SMILES string of the molecule is O=C(NCC(=O)N(c1cccnc1)[C@H](C(=O)NC1CCCC1)c1ccco1)c1ccco1. The van der Waals surface area contributed by atoms with Crippen molar-refractivity contribution in [3.63, 3.8) is 0 Å². The largest absolute Gasteiger partial charge is 0.467 e. The first kappa shape index (κ1) is 21.4. The van der Waals surface area contributed by atoms with E-state index in [1.165, 1.54) is 29.7 Å². The number of pyridine rings is 1. The van der Waals surface area contributed by atoms with E-state index < -0.39 is 17.9 Å². The quantitative estimate of drug-likeness (QED) is 0.561. The number of nitrogens with zero attached hydrogens (tertiary/aromatic N) is 2. The Balaban J connectivity index is 1.61. The Morgan fingerprint density at radius 3 is 2.50 bits per heavy atom. The Hall–Kier alpha value is -3.88. The maximum atomic E-state index is 13.4. The second-order valence-electron chi connectivity index (χ2n) is 7.54. The lowest BCUT2D eigenvalue weighted by Crippen LogP contribution is -2.49. The highest BCUT2D eigenvalue weighted by Gasteiger charge is 2.36. The minimum Gasteiger partial charge on any atom is -0.467 e. The van der Waals surface area contributed by atoms with Crippen LogP contribution in [0, 0.1) is 0 Å². The summed E-state index contributed by atoms with van der Waals surface area (Å²) in [7, 11) is 0. The maximum Gasteiger partial charge on any atom is 0.287 e. The van der Waals surface area contributed by atoms with Crippen molar-refractivity contribution in [3.05, 3.63) is 72.8 Å². The normalized spacial score (nSPS) is 14.6. The molecule has 0 unspecified atom stereocenters. The van der Waals surface area contributed by atoms with E-state index in [0.29, 0.717) is 11.4 Å². The van der Waals surface area contributed by atoms with Crippen LogP contribution in [-0.4, -0.2) is 35.3 Å². The smallest absolute Gasteiger partial charge is 0.287 e. The zero-order valence-electron chi connectivity index (χ0n) is 17.4. The van der Waals surface area contributed by atoms with E-state index in [2.05, 4.69) is 15.6 Å². The van der Waals surface area contributed by atoms with Crippen molar-refractivity contribution in [2.24, 2.45) is 0 Å². The molecule has 0 bridgehead atoms. The number of hydrogen-bond donors (Lipinski definition) is 2. The summed E-state index contributed by atoms with van der Waals surface area (Å²) in [6.07, 6.45) is 9.80. The highest BCUT2D eigenvalue weighted by atomic mass is 16.3. The lowest BCUT2D eigenvalue weighted by molar-refractivity contribution is -0.127. The number of hydrogen-bond acceptors (Lipinski definition) is 6. The monoisotopic (exact) mass is 436 g/mol. The Labute approximate surface area is 184 Å². The van der Waals surface area contributed by atoms with Crippen LogP contribution in [-0.2, 0) is 9.59 Å². The van der Waals surface area contributed by atoms with Crippen LogP contribution in [0.2, 0.25) is 0 Å². The Morgan fingerprint density at radius 1 is 1.06 bits per heavy atom. The summed E-state index contributed by atoms with van der Waals surface area (Å²) in [6.45, 7) is -0.345. The van der Waals surface area contributed by atoms with Gasteiger partial charge in [0.05, 0.1) is 31.0 Å². The Kier molecular flexibility index (Phi) is 6.64. The molecule has 0 radical (unpaired) electrons. The average Bonchev–Trinajstić information content (AvgIpc) is 3.59. The lowest BCUT2D eigenvalue weighted by Gasteiger charge is -2.30. The second-order valence-corrected chi connectivity index (χ2v) is 7.54. The molecule has 9 nitrogen and oxygen atoms in total. The molecule has 166 valence electrons. The molecule has 0 aliphatic heterocycles. The summed E-state index contributed by atoms with van der Waals surface area (Å²) in [4.78, 5) is 44.3. The summed E-state index contributed by atoms with van der Waals surface area (Å²) in [6, 6.07) is 8.75. The van der Waals surface area contributed by atoms with Gasteiger partial charge in [0, 0.05) is 12.2 Å². The van der Waals surface area contributed by atoms with E-state index in [4.69, 9.17) is 8.83 Å². The van der Waals surface area contributed by atoms with Gasteiger partial charge >= 0.3 is 0 Å². The van der Waals surface area contributed by atoms with Gasteiger partial charge in [-0.15, -0.1) is 0 Å². The van der Waals surface area contributed by atoms with Gasteiger partial charge in [-0.3, -0.25) is 24.3 Å². The first-order chi connectivity index (χ1) is 15.6. The first-order valence-electron chi connectivity index (χ1n) is 10.5. The standard InChI is InChI=1S/C23H24N4O5/c28-20(15-25-22(29)19-10-5-13-32-19)27(17-8-3-11-24-14-17)21(18-9-4-12-31-18)23(30)26-16-6-1-2-7-16/h3-5,8-14,16,21H,1-2,6-7,15H2,(H,25,29)(H,26,30)/t21-/m0/s1. The van der Waals surface area contributed by atoms with Gasteiger partial charge in [-0.25, -0.2) is 0 Å². The molecule has 3 aromatic rings. The molecule has 32 heavy (non-hydrogen) atoms. The van der Waals surface area contributed by atoms with Gasteiger partial charge in [0.2, 0.25) is 5.91 Å². The van der Waals surface area contributed by atoms with Crippen LogP contribution < -0.4 is 15.5 Å². The number of carbonyl (C=O) groups is 3. The minimum atomic E-state index is -1.05. The number of nitrogens with one attached hydrogen (secondary N) is 2. The van der Waals surface area contributed by atoms with Crippen molar-refractivity contribution in [1.82, 2.24) is 15.6 Å². The molecule has 1 saturated carbocycles. The van der Waals surface area contributed by atoms with E-state index >= 15 is 0 Å². The summed E-state index contributed by atoms with van der Waals surface area (Å²) >= 11 is 0. The van der Waals surface area contributed by atoms with Crippen LogP contribution in [0.3, 0.4) is 0 Å². The van der Waals surface area contributed by atoms with Crippen molar-refractivity contribution in [2.75, 3.05) is 11.4 Å². The number of aromatic nitrogens is 1. The van der Waals surface area contributed by atoms with Crippen molar-refractivity contribution in [3.8, 4) is 0 Å². The summed E-state index contributed by atoms with van der Waals surface area (Å²) < 4.78 is 10.6. The molecule has 0 saturated heterocycles. The maximum absolute atomic E-state index is 13.4. The summed E-state index contributed by atoms with van der Waals surface area (Å²) in [5.41, 5.74) is 0.410. The third-order valence-corrected chi connectivity index (χ3v) is 5.36. The minimum absolute atomic E-state index is 0.0597. The molecule has 0 aromatic carbocycles. The number of amides is 3. The van der Waals surface area contributed by atoms with E-state index in [0.717, 1.165) is 25.7 Å². The molecular weight excluding hydrogens is 412 g/mol. The molecule has 1 fully saturated rings. The van der Waals surface area contributed by atoms with Crippen LogP contribution in [0.1, 0.15) is 48.0 Å². The van der Waals surface area contributed by atoms with E-state index in [1.807, 2.05) is 0 Å². The molecule has 2 N–H and O–H groups in total. The third-order valence-electron chi connectivity index (χ3n) is 5.36. The van der Waals surface area contributed by atoms with Crippen LogP contribution >= 0.6 is 0 Å². The van der Waals surface area contributed by atoms with Gasteiger partial charge in [0.1, 0.15) is 5.76 Å². The molecule has 9 heteroatoms. The second kappa shape index (κ2) is 9.95. The molecule has 0 spiro atoms. The zero-order chi connectivity index (χ0) is 22.3. The third kappa shape index (κ3) is 4.88. The Bertz CT molecular complexity index is 1030. The molecular formula is C23H24N4O5. The van der Waals surface area contributed by atoms with Gasteiger partial charge < -0.3 is 19.5 Å². The van der Waals surface area contributed by atoms with Crippen LogP contribution in [0.5, 0.6) is 0 Å². The van der Waals surface area contributed by atoms with Gasteiger partial charge in [-0.2, -0.15) is 0 Å². The Morgan fingerprint density at radius 2 is 1.84 bits per heavy atom. The van der Waals surface area contributed by atoms with E-state index in [1.54, 1.807) is 36.5 Å². The zero-order valence-corrected chi connectivity index (χ0v) is 17.4. The van der Waals surface area contributed by atoms with Crippen molar-refractivity contribution < 1.29 is 23.2 Å². The van der Waals surface area contributed by atoms with Gasteiger partial charge in [0.15, 0.2) is 11.8 Å². The molecule has 3 amide bonds. The fraction of sp³-hybridized carbons (Fsp3) is 0.304.